The number of hydrogen-bond donors (Lipinski definition) is 1. The lowest BCUT2D eigenvalue weighted by molar-refractivity contribution is 0.121. The molecule has 0 aliphatic heterocycles. The van der Waals surface area contributed by atoms with Crippen molar-refractivity contribution in [2.75, 3.05) is 0 Å². The summed E-state index contributed by atoms with van der Waals surface area (Å²) >= 11 is 3.14. The normalized spacial score (nSPS) is 12.3. The standard InChI is InChI=1S/C17H18BrN3O3/c1-17(2,3)13(15-20-12(9-19)14(18)24-15)21-16(22)23-10-11-7-5-4-6-8-11/h4-8,13H,10H2,1-3H3,(H,21,22)/t13-/m1/s1. The highest BCUT2D eigenvalue weighted by Crippen LogP contribution is 2.34. The van der Waals surface area contributed by atoms with Crippen LogP contribution in [0, 0.1) is 16.7 Å². The number of hydrogen-bond acceptors (Lipinski definition) is 5. The molecule has 0 fully saturated rings. The Hall–Kier alpha value is -2.33. The molecule has 24 heavy (non-hydrogen) atoms. The Morgan fingerprint density at radius 2 is 2.08 bits per heavy atom. The molecule has 1 heterocycles. The summed E-state index contributed by atoms with van der Waals surface area (Å²) < 4.78 is 11.0. The number of aromatic nitrogens is 1. The van der Waals surface area contributed by atoms with Crippen molar-refractivity contribution in [3.05, 3.63) is 52.1 Å². The van der Waals surface area contributed by atoms with Crippen LogP contribution in [0.4, 0.5) is 4.79 Å². The zero-order chi connectivity index (χ0) is 17.7. The van der Waals surface area contributed by atoms with Crippen LogP contribution >= 0.6 is 15.9 Å². The quantitative estimate of drug-likeness (QED) is 0.837. The smallest absolute Gasteiger partial charge is 0.408 e. The highest BCUT2D eigenvalue weighted by molar-refractivity contribution is 9.10. The van der Waals surface area contributed by atoms with Crippen LogP contribution in [0.1, 0.15) is 44.0 Å². The topological polar surface area (TPSA) is 88.1 Å². The molecule has 0 bridgehead atoms. The van der Waals surface area contributed by atoms with E-state index in [9.17, 15) is 4.79 Å². The van der Waals surface area contributed by atoms with Gasteiger partial charge in [-0.25, -0.2) is 4.79 Å². The number of alkyl carbamates (subject to hydrolysis) is 1. The molecule has 1 aromatic carbocycles. The summed E-state index contributed by atoms with van der Waals surface area (Å²) in [5, 5.41) is 11.8. The van der Waals surface area contributed by atoms with Gasteiger partial charge >= 0.3 is 6.09 Å². The van der Waals surface area contributed by atoms with Gasteiger partial charge in [-0.3, -0.25) is 0 Å². The van der Waals surface area contributed by atoms with Crippen molar-refractivity contribution in [1.82, 2.24) is 10.3 Å². The summed E-state index contributed by atoms with van der Waals surface area (Å²) in [4.78, 5) is 16.3. The van der Waals surface area contributed by atoms with Gasteiger partial charge < -0.3 is 14.5 Å². The van der Waals surface area contributed by atoms with E-state index >= 15 is 0 Å². The number of ether oxygens (including phenoxy) is 1. The first-order valence-corrected chi connectivity index (χ1v) is 8.14. The highest BCUT2D eigenvalue weighted by atomic mass is 79.9. The first kappa shape index (κ1) is 18.0. The van der Waals surface area contributed by atoms with Crippen LogP contribution in [0.2, 0.25) is 0 Å². The highest BCUT2D eigenvalue weighted by Gasteiger charge is 2.33. The maximum atomic E-state index is 12.1. The van der Waals surface area contributed by atoms with Gasteiger partial charge in [0.15, 0.2) is 5.69 Å². The summed E-state index contributed by atoms with van der Waals surface area (Å²) in [6, 6.07) is 10.8. The Labute approximate surface area is 149 Å². The van der Waals surface area contributed by atoms with Crippen molar-refractivity contribution in [2.45, 2.75) is 33.4 Å². The van der Waals surface area contributed by atoms with E-state index in [0.29, 0.717) is 0 Å². The van der Waals surface area contributed by atoms with Gasteiger partial charge in [0.2, 0.25) is 10.6 Å². The molecule has 0 aliphatic carbocycles. The van der Waals surface area contributed by atoms with Gasteiger partial charge in [-0.2, -0.15) is 10.2 Å². The molecule has 0 saturated heterocycles. The first-order chi connectivity index (χ1) is 11.3. The van der Waals surface area contributed by atoms with E-state index in [1.807, 2.05) is 57.2 Å². The molecule has 2 aromatic rings. The van der Waals surface area contributed by atoms with Gasteiger partial charge in [-0.05, 0) is 26.9 Å². The Bertz CT molecular complexity index is 745. The van der Waals surface area contributed by atoms with Gasteiger partial charge in [0.25, 0.3) is 0 Å². The lowest BCUT2D eigenvalue weighted by Crippen LogP contribution is -2.37. The number of amides is 1. The van der Waals surface area contributed by atoms with Crippen LogP contribution in [0.25, 0.3) is 0 Å². The predicted molar refractivity (Wildman–Crippen MR) is 90.9 cm³/mol. The predicted octanol–water partition coefficient (Wildman–Crippen LogP) is 4.32. The van der Waals surface area contributed by atoms with E-state index in [4.69, 9.17) is 14.4 Å². The monoisotopic (exact) mass is 391 g/mol. The van der Waals surface area contributed by atoms with E-state index in [1.165, 1.54) is 0 Å². The van der Waals surface area contributed by atoms with E-state index in [0.717, 1.165) is 5.56 Å². The zero-order valence-electron chi connectivity index (χ0n) is 13.7. The summed E-state index contributed by atoms with van der Waals surface area (Å²) in [5.74, 6) is 0.252. The lowest BCUT2D eigenvalue weighted by atomic mass is 9.87. The van der Waals surface area contributed by atoms with Gasteiger partial charge in [0.1, 0.15) is 18.7 Å². The first-order valence-electron chi connectivity index (χ1n) is 7.35. The van der Waals surface area contributed by atoms with Crippen molar-refractivity contribution in [3.63, 3.8) is 0 Å². The number of carbonyl (C=O) groups is 1. The maximum absolute atomic E-state index is 12.1. The molecular weight excluding hydrogens is 374 g/mol. The van der Waals surface area contributed by atoms with E-state index in [2.05, 4.69) is 26.2 Å². The minimum atomic E-state index is -0.577. The average Bonchev–Trinajstić information content (AvgIpc) is 2.91. The van der Waals surface area contributed by atoms with Crippen molar-refractivity contribution < 1.29 is 13.9 Å². The summed E-state index contributed by atoms with van der Waals surface area (Å²) in [7, 11) is 0. The summed E-state index contributed by atoms with van der Waals surface area (Å²) in [5.41, 5.74) is 0.646. The third-order valence-electron chi connectivity index (χ3n) is 3.30. The molecule has 1 atom stereocenters. The van der Waals surface area contributed by atoms with Crippen molar-refractivity contribution in [2.24, 2.45) is 5.41 Å². The second-order valence-corrected chi connectivity index (χ2v) is 7.01. The van der Waals surface area contributed by atoms with Crippen LogP contribution < -0.4 is 5.32 Å². The Balaban J connectivity index is 2.09. The summed E-state index contributed by atoms with van der Waals surface area (Å²) in [6.07, 6.45) is -0.577. The Morgan fingerprint density at radius 1 is 1.42 bits per heavy atom. The number of nitrogens with one attached hydrogen (secondary N) is 1. The minimum absolute atomic E-state index is 0.138. The number of nitriles is 1. The molecule has 2 rings (SSSR count). The SMILES string of the molecule is CC(C)(C)[C@H](NC(=O)OCc1ccccc1)c1nc(C#N)c(Br)o1. The van der Waals surface area contributed by atoms with Crippen LogP contribution in [0.15, 0.2) is 39.4 Å². The van der Waals surface area contributed by atoms with Gasteiger partial charge in [-0.15, -0.1) is 0 Å². The molecule has 1 aromatic heterocycles. The van der Waals surface area contributed by atoms with E-state index < -0.39 is 12.1 Å². The third kappa shape index (κ3) is 4.59. The summed E-state index contributed by atoms with van der Waals surface area (Å²) in [6.45, 7) is 5.96. The number of rotatable bonds is 4. The van der Waals surface area contributed by atoms with Crippen molar-refractivity contribution in [3.8, 4) is 6.07 Å². The fraction of sp³-hybridized carbons (Fsp3) is 0.353. The fourth-order valence-electron chi connectivity index (χ4n) is 2.04. The molecule has 126 valence electrons. The second-order valence-electron chi connectivity index (χ2n) is 6.29. The molecule has 1 amide bonds. The molecule has 0 radical (unpaired) electrons. The van der Waals surface area contributed by atoms with Gasteiger partial charge in [0, 0.05) is 0 Å². The van der Waals surface area contributed by atoms with Crippen LogP contribution in [0.3, 0.4) is 0 Å². The molecule has 1 N–H and O–H groups in total. The maximum Gasteiger partial charge on any atom is 0.408 e. The number of nitrogens with zero attached hydrogens (tertiary/aromatic N) is 2. The van der Waals surface area contributed by atoms with E-state index in [1.54, 1.807) is 0 Å². The lowest BCUT2D eigenvalue weighted by Gasteiger charge is -2.28. The van der Waals surface area contributed by atoms with Crippen molar-refractivity contribution >= 4 is 22.0 Å². The minimum Gasteiger partial charge on any atom is -0.445 e. The number of carbonyl (C=O) groups excluding carboxylic acids is 1. The Kier molecular flexibility index (Phi) is 5.62. The molecule has 7 heteroatoms. The molecule has 0 saturated carbocycles. The second kappa shape index (κ2) is 7.49. The largest absolute Gasteiger partial charge is 0.445 e. The molecule has 0 aliphatic rings. The van der Waals surface area contributed by atoms with Gasteiger partial charge in [0.05, 0.1) is 0 Å². The molecule has 0 spiro atoms. The number of oxazole rings is 1. The van der Waals surface area contributed by atoms with Crippen LogP contribution in [-0.4, -0.2) is 11.1 Å². The Morgan fingerprint density at radius 3 is 2.62 bits per heavy atom. The van der Waals surface area contributed by atoms with Gasteiger partial charge in [-0.1, -0.05) is 51.1 Å². The third-order valence-corrected chi connectivity index (χ3v) is 3.83. The molecule has 0 unspecified atom stereocenters. The van der Waals surface area contributed by atoms with Crippen LogP contribution in [0.5, 0.6) is 0 Å². The van der Waals surface area contributed by atoms with Crippen molar-refractivity contribution in [1.29, 1.82) is 5.26 Å². The number of halogens is 1. The number of benzene rings is 1. The molecule has 6 nitrogen and oxygen atoms in total. The van der Waals surface area contributed by atoms with E-state index in [-0.39, 0.29) is 28.3 Å². The van der Waals surface area contributed by atoms with Crippen LogP contribution in [-0.2, 0) is 11.3 Å². The fourth-order valence-corrected chi connectivity index (χ4v) is 2.38. The average molecular weight is 392 g/mol. The molecular formula is C17H18BrN3O3. The zero-order valence-corrected chi connectivity index (χ0v) is 15.3.